The monoisotopic (exact) mass is 694 g/mol. The summed E-state index contributed by atoms with van der Waals surface area (Å²) in [6, 6.07) is 28.2. The number of halogens is 4. The standard InChI is InChI=1S/C30H18Br2F2N4S2/c31-19-5-13-23(14-6-19)39-27-25(17-1-9-21(33)10-2-17)36-30-28(40-24-15-7-20(32)8-16-24)26(37-38(30)29(27)35)18-3-11-22(34)12-4-18/h1-16H,35H2. The van der Waals surface area contributed by atoms with E-state index in [4.69, 9.17) is 15.8 Å². The van der Waals surface area contributed by atoms with Gasteiger partial charge in [0.15, 0.2) is 5.65 Å². The van der Waals surface area contributed by atoms with E-state index in [1.54, 1.807) is 28.8 Å². The van der Waals surface area contributed by atoms with E-state index in [0.717, 1.165) is 34.8 Å². The number of anilines is 1. The molecule has 40 heavy (non-hydrogen) atoms. The molecule has 0 atom stereocenters. The van der Waals surface area contributed by atoms with Crippen molar-refractivity contribution >= 4 is 66.8 Å². The van der Waals surface area contributed by atoms with Crippen molar-refractivity contribution in [3.05, 3.63) is 118 Å². The molecule has 6 aromatic rings. The SMILES string of the molecule is Nc1c(Sc2ccc(Br)cc2)c(-c2ccc(F)cc2)nc2c(Sc3ccc(Br)cc3)c(-c3ccc(F)cc3)nn12. The van der Waals surface area contributed by atoms with Crippen LogP contribution in [0.4, 0.5) is 14.6 Å². The first kappa shape index (κ1) is 27.0. The minimum Gasteiger partial charge on any atom is -0.383 e. The van der Waals surface area contributed by atoms with Gasteiger partial charge in [0, 0.05) is 29.9 Å². The van der Waals surface area contributed by atoms with Crippen LogP contribution in [0.2, 0.25) is 0 Å². The molecule has 0 bridgehead atoms. The average Bonchev–Trinajstić information content (AvgIpc) is 3.31. The van der Waals surface area contributed by atoms with Crippen molar-refractivity contribution in [1.29, 1.82) is 0 Å². The maximum Gasteiger partial charge on any atom is 0.172 e. The molecule has 0 radical (unpaired) electrons. The zero-order chi connectivity index (χ0) is 27.8. The van der Waals surface area contributed by atoms with E-state index in [1.165, 1.54) is 47.8 Å². The molecule has 2 heterocycles. The molecule has 4 nitrogen and oxygen atoms in total. The molecule has 198 valence electrons. The fourth-order valence-corrected chi connectivity index (χ4v) is 6.55. The first-order chi connectivity index (χ1) is 19.4. The minimum atomic E-state index is -0.339. The molecular weight excluding hydrogens is 678 g/mol. The van der Waals surface area contributed by atoms with E-state index in [-0.39, 0.29) is 11.6 Å². The van der Waals surface area contributed by atoms with Crippen molar-refractivity contribution < 1.29 is 8.78 Å². The zero-order valence-corrected chi connectivity index (χ0v) is 25.3. The Morgan fingerprint density at radius 2 is 1.05 bits per heavy atom. The lowest BCUT2D eigenvalue weighted by atomic mass is 10.1. The van der Waals surface area contributed by atoms with Crippen molar-refractivity contribution in [3.63, 3.8) is 0 Å². The predicted octanol–water partition coefficient (Wildman–Crippen LogP) is 9.75. The first-order valence-corrected chi connectivity index (χ1v) is 15.2. The third-order valence-corrected chi connectivity index (χ3v) is 9.27. The molecule has 2 aromatic heterocycles. The normalized spacial score (nSPS) is 11.3. The number of fused-ring (bicyclic) bond motifs is 1. The van der Waals surface area contributed by atoms with Crippen LogP contribution in [-0.4, -0.2) is 14.6 Å². The largest absolute Gasteiger partial charge is 0.383 e. The van der Waals surface area contributed by atoms with E-state index >= 15 is 0 Å². The number of nitrogens with zero attached hydrogens (tertiary/aromatic N) is 3. The van der Waals surface area contributed by atoms with Crippen LogP contribution in [0.25, 0.3) is 28.2 Å². The molecule has 2 N–H and O–H groups in total. The van der Waals surface area contributed by atoms with Gasteiger partial charge in [0.05, 0.1) is 15.5 Å². The van der Waals surface area contributed by atoms with Crippen molar-refractivity contribution in [3.8, 4) is 22.5 Å². The van der Waals surface area contributed by atoms with E-state index < -0.39 is 0 Å². The van der Waals surface area contributed by atoms with Crippen LogP contribution in [0.3, 0.4) is 0 Å². The van der Waals surface area contributed by atoms with Crippen molar-refractivity contribution in [2.75, 3.05) is 5.73 Å². The third kappa shape index (κ3) is 5.54. The van der Waals surface area contributed by atoms with Gasteiger partial charge >= 0.3 is 0 Å². The number of benzene rings is 4. The average molecular weight is 696 g/mol. The van der Waals surface area contributed by atoms with E-state index in [9.17, 15) is 8.78 Å². The fraction of sp³-hybridized carbons (Fsp3) is 0. The van der Waals surface area contributed by atoms with Crippen LogP contribution < -0.4 is 5.73 Å². The van der Waals surface area contributed by atoms with Crippen molar-refractivity contribution in [2.24, 2.45) is 0 Å². The van der Waals surface area contributed by atoms with Crippen LogP contribution in [0.15, 0.2) is 126 Å². The van der Waals surface area contributed by atoms with Crippen LogP contribution in [0.1, 0.15) is 0 Å². The molecule has 0 saturated carbocycles. The number of hydrogen-bond donors (Lipinski definition) is 1. The molecule has 0 unspecified atom stereocenters. The third-order valence-electron chi connectivity index (χ3n) is 6.01. The molecule has 0 amide bonds. The molecule has 0 aliphatic carbocycles. The Hall–Kier alpha value is -3.18. The lowest BCUT2D eigenvalue weighted by Gasteiger charge is -2.14. The highest BCUT2D eigenvalue weighted by atomic mass is 79.9. The maximum atomic E-state index is 13.9. The minimum absolute atomic E-state index is 0.334. The highest BCUT2D eigenvalue weighted by molar-refractivity contribution is 9.10. The van der Waals surface area contributed by atoms with Gasteiger partial charge < -0.3 is 5.73 Å². The second-order valence-electron chi connectivity index (χ2n) is 8.71. The summed E-state index contributed by atoms with van der Waals surface area (Å²) in [4.78, 5) is 8.47. The van der Waals surface area contributed by atoms with E-state index in [0.29, 0.717) is 27.7 Å². The van der Waals surface area contributed by atoms with E-state index in [1.807, 2.05) is 48.5 Å². The quantitative estimate of drug-likeness (QED) is 0.188. The molecule has 10 heteroatoms. The molecule has 0 saturated heterocycles. The lowest BCUT2D eigenvalue weighted by Crippen LogP contribution is -2.05. The molecule has 4 aromatic carbocycles. The summed E-state index contributed by atoms with van der Waals surface area (Å²) >= 11 is 9.92. The number of rotatable bonds is 6. The molecule has 0 spiro atoms. The first-order valence-electron chi connectivity index (χ1n) is 12.0. The highest BCUT2D eigenvalue weighted by Crippen LogP contribution is 2.44. The second-order valence-corrected chi connectivity index (χ2v) is 12.7. The number of aromatic nitrogens is 3. The number of nitrogen functional groups attached to an aromatic ring is 1. The summed E-state index contributed by atoms with van der Waals surface area (Å²) in [6.45, 7) is 0. The maximum absolute atomic E-state index is 13.9. The van der Waals surface area contributed by atoms with Gasteiger partial charge in [-0.2, -0.15) is 9.61 Å². The summed E-state index contributed by atoms with van der Waals surface area (Å²) in [5.41, 5.74) is 10.1. The Morgan fingerprint density at radius 1 is 0.600 bits per heavy atom. The second kappa shape index (κ2) is 11.4. The Balaban J connectivity index is 1.61. The van der Waals surface area contributed by atoms with Gasteiger partial charge in [-0.25, -0.2) is 13.8 Å². The van der Waals surface area contributed by atoms with Crippen LogP contribution in [0, 0.1) is 11.6 Å². The highest BCUT2D eigenvalue weighted by Gasteiger charge is 2.24. The summed E-state index contributed by atoms with van der Waals surface area (Å²) in [5, 5.41) is 4.89. The van der Waals surface area contributed by atoms with Gasteiger partial charge in [0.25, 0.3) is 0 Å². The summed E-state index contributed by atoms with van der Waals surface area (Å²) < 4.78 is 31.2. The van der Waals surface area contributed by atoms with Gasteiger partial charge in [-0.05, 0) is 97.1 Å². The smallest absolute Gasteiger partial charge is 0.172 e. The molecule has 0 aliphatic heterocycles. The number of nitrogens with two attached hydrogens (primary N) is 1. The Bertz CT molecular complexity index is 1830. The summed E-state index contributed by atoms with van der Waals surface area (Å²) in [6.07, 6.45) is 0. The molecule has 0 fully saturated rings. The lowest BCUT2D eigenvalue weighted by molar-refractivity contribution is 0.627. The van der Waals surface area contributed by atoms with E-state index in [2.05, 4.69) is 31.9 Å². The van der Waals surface area contributed by atoms with Gasteiger partial charge in [-0.3, -0.25) is 0 Å². The Morgan fingerprint density at radius 3 is 1.55 bits per heavy atom. The topological polar surface area (TPSA) is 56.2 Å². The summed E-state index contributed by atoms with van der Waals surface area (Å²) in [7, 11) is 0. The van der Waals surface area contributed by atoms with Crippen molar-refractivity contribution in [2.45, 2.75) is 19.6 Å². The Kier molecular flexibility index (Phi) is 7.67. The van der Waals surface area contributed by atoms with Crippen LogP contribution in [0.5, 0.6) is 0 Å². The fourth-order valence-electron chi connectivity index (χ4n) is 4.07. The van der Waals surface area contributed by atoms with Gasteiger partial charge in [0.2, 0.25) is 0 Å². The number of hydrogen-bond acceptors (Lipinski definition) is 5. The molecule has 0 aliphatic rings. The van der Waals surface area contributed by atoms with Crippen molar-refractivity contribution in [1.82, 2.24) is 14.6 Å². The van der Waals surface area contributed by atoms with Gasteiger partial charge in [-0.15, -0.1) is 0 Å². The van der Waals surface area contributed by atoms with Crippen LogP contribution in [-0.2, 0) is 0 Å². The summed E-state index contributed by atoms with van der Waals surface area (Å²) in [5.74, 6) is -0.281. The zero-order valence-electron chi connectivity index (χ0n) is 20.5. The Labute approximate surface area is 254 Å². The van der Waals surface area contributed by atoms with Crippen LogP contribution >= 0.6 is 55.4 Å². The molecule has 6 rings (SSSR count). The predicted molar refractivity (Wildman–Crippen MR) is 165 cm³/mol. The molecular formula is C30H18Br2F2N4S2. The van der Waals surface area contributed by atoms with Gasteiger partial charge in [-0.1, -0.05) is 55.4 Å². The van der Waals surface area contributed by atoms with Gasteiger partial charge in [0.1, 0.15) is 23.1 Å².